The summed E-state index contributed by atoms with van der Waals surface area (Å²) in [5.41, 5.74) is 4.76. The highest BCUT2D eigenvalue weighted by atomic mass is 32.1. The molecule has 1 aliphatic carbocycles. The quantitative estimate of drug-likeness (QED) is 0.591. The summed E-state index contributed by atoms with van der Waals surface area (Å²) in [6, 6.07) is 4.66. The number of anilines is 1. The first-order valence-corrected chi connectivity index (χ1v) is 10.7. The molecule has 3 atom stereocenters. The zero-order valence-corrected chi connectivity index (χ0v) is 18.0. The normalized spacial score (nSPS) is 22.9. The maximum absolute atomic E-state index is 12.9. The average Bonchev–Trinajstić information content (AvgIpc) is 2.62. The van der Waals surface area contributed by atoms with Crippen LogP contribution in [0.1, 0.15) is 77.0 Å². The zero-order valence-electron chi connectivity index (χ0n) is 17.1. The van der Waals surface area contributed by atoms with Gasteiger partial charge >= 0.3 is 6.03 Å². The molecule has 1 fully saturated rings. The number of urea groups is 1. The first kappa shape index (κ1) is 21.1. The SMILES string of the molecule is CCCc1cc(CC)c(N(S)C(=O)NC2CCC(C)CC2C)c(CC)c1. The summed E-state index contributed by atoms with van der Waals surface area (Å²) < 4.78 is 1.55. The van der Waals surface area contributed by atoms with Crippen molar-refractivity contribution < 1.29 is 4.79 Å². The monoisotopic (exact) mass is 376 g/mol. The Labute approximate surface area is 165 Å². The molecule has 0 aromatic heterocycles. The second kappa shape index (κ2) is 9.68. The fraction of sp³-hybridized carbons (Fsp3) is 0.682. The molecule has 26 heavy (non-hydrogen) atoms. The highest BCUT2D eigenvalue weighted by molar-refractivity contribution is 7.82. The molecule has 0 saturated heterocycles. The number of thiol groups is 1. The smallest absolute Gasteiger partial charge is 0.332 e. The summed E-state index contributed by atoms with van der Waals surface area (Å²) in [6.45, 7) is 11.1. The van der Waals surface area contributed by atoms with Crippen LogP contribution in [0.25, 0.3) is 0 Å². The molecule has 0 radical (unpaired) electrons. The third-order valence-corrected chi connectivity index (χ3v) is 6.15. The van der Waals surface area contributed by atoms with Crippen LogP contribution in [0.4, 0.5) is 10.5 Å². The van der Waals surface area contributed by atoms with Gasteiger partial charge in [-0.1, -0.05) is 66.0 Å². The van der Waals surface area contributed by atoms with E-state index in [1.54, 1.807) is 4.31 Å². The molecule has 1 aliphatic rings. The van der Waals surface area contributed by atoms with E-state index in [-0.39, 0.29) is 12.1 Å². The minimum atomic E-state index is -0.0904. The van der Waals surface area contributed by atoms with Crippen LogP contribution >= 0.6 is 12.8 Å². The number of benzene rings is 1. The maximum atomic E-state index is 12.9. The number of carbonyl (C=O) groups is 1. The Bertz CT molecular complexity index is 591. The number of aryl methyl sites for hydroxylation is 3. The lowest BCUT2D eigenvalue weighted by molar-refractivity contribution is 0.213. The molecule has 0 heterocycles. The summed E-state index contributed by atoms with van der Waals surface area (Å²) in [5.74, 6) is 1.28. The number of nitrogens with zero attached hydrogens (tertiary/aromatic N) is 1. The van der Waals surface area contributed by atoms with Crippen molar-refractivity contribution in [2.45, 2.75) is 85.6 Å². The van der Waals surface area contributed by atoms with E-state index in [2.05, 4.69) is 64.9 Å². The van der Waals surface area contributed by atoms with Gasteiger partial charge in [0.1, 0.15) is 0 Å². The predicted molar refractivity (Wildman–Crippen MR) is 115 cm³/mol. The molecular formula is C22H36N2OS. The maximum Gasteiger partial charge on any atom is 0.332 e. The van der Waals surface area contributed by atoms with Gasteiger partial charge < -0.3 is 5.32 Å². The Hall–Kier alpha value is -1.16. The minimum Gasteiger partial charge on any atom is -0.334 e. The second-order valence-electron chi connectivity index (χ2n) is 7.98. The Morgan fingerprint density at radius 2 is 1.77 bits per heavy atom. The van der Waals surface area contributed by atoms with Gasteiger partial charge in [0.05, 0.1) is 5.69 Å². The minimum absolute atomic E-state index is 0.0904. The molecule has 2 amide bonds. The van der Waals surface area contributed by atoms with Crippen LogP contribution < -0.4 is 9.62 Å². The highest BCUT2D eigenvalue weighted by Gasteiger charge is 2.28. The molecule has 1 aromatic carbocycles. The summed E-state index contributed by atoms with van der Waals surface area (Å²) in [4.78, 5) is 12.9. The molecule has 0 bridgehead atoms. The first-order valence-electron chi connectivity index (χ1n) is 10.3. The summed E-state index contributed by atoms with van der Waals surface area (Å²) >= 11 is 4.62. The Kier molecular flexibility index (Phi) is 7.87. The van der Waals surface area contributed by atoms with Crippen LogP contribution in [-0.4, -0.2) is 12.1 Å². The molecule has 2 rings (SSSR count). The van der Waals surface area contributed by atoms with Gasteiger partial charge in [-0.3, -0.25) is 0 Å². The number of nitrogens with one attached hydrogen (secondary N) is 1. The van der Waals surface area contributed by atoms with Crippen LogP contribution in [0.5, 0.6) is 0 Å². The van der Waals surface area contributed by atoms with Crippen molar-refractivity contribution >= 4 is 24.5 Å². The Morgan fingerprint density at radius 3 is 2.27 bits per heavy atom. The highest BCUT2D eigenvalue weighted by Crippen LogP contribution is 2.32. The lowest BCUT2D eigenvalue weighted by atomic mass is 9.80. The van der Waals surface area contributed by atoms with E-state index in [1.807, 2.05) is 0 Å². The molecule has 3 unspecified atom stereocenters. The van der Waals surface area contributed by atoms with Crippen molar-refractivity contribution in [1.29, 1.82) is 0 Å². The topological polar surface area (TPSA) is 32.3 Å². The fourth-order valence-corrected chi connectivity index (χ4v) is 4.59. The molecule has 1 saturated carbocycles. The third-order valence-electron chi connectivity index (χ3n) is 5.77. The molecule has 3 nitrogen and oxygen atoms in total. The molecule has 146 valence electrons. The molecule has 1 N–H and O–H groups in total. The molecule has 1 aromatic rings. The van der Waals surface area contributed by atoms with Crippen LogP contribution in [0, 0.1) is 11.8 Å². The number of rotatable bonds is 6. The van der Waals surface area contributed by atoms with Gasteiger partial charge in [0.15, 0.2) is 0 Å². The van der Waals surface area contributed by atoms with Crippen LogP contribution in [-0.2, 0) is 19.3 Å². The van der Waals surface area contributed by atoms with Crippen LogP contribution in [0.2, 0.25) is 0 Å². The Morgan fingerprint density at radius 1 is 1.15 bits per heavy atom. The number of hydrogen-bond donors (Lipinski definition) is 2. The van der Waals surface area contributed by atoms with Crippen molar-refractivity contribution in [3.8, 4) is 0 Å². The van der Waals surface area contributed by atoms with E-state index >= 15 is 0 Å². The summed E-state index contributed by atoms with van der Waals surface area (Å²) in [6.07, 6.45) is 7.46. The van der Waals surface area contributed by atoms with Crippen molar-refractivity contribution in [1.82, 2.24) is 5.32 Å². The largest absolute Gasteiger partial charge is 0.334 e. The number of carbonyl (C=O) groups excluding carboxylic acids is 1. The second-order valence-corrected chi connectivity index (χ2v) is 8.38. The van der Waals surface area contributed by atoms with Gasteiger partial charge in [0.25, 0.3) is 0 Å². The fourth-order valence-electron chi connectivity index (χ4n) is 4.28. The van der Waals surface area contributed by atoms with Crippen LogP contribution in [0.15, 0.2) is 12.1 Å². The third kappa shape index (κ3) is 4.97. The van der Waals surface area contributed by atoms with Crippen molar-refractivity contribution in [3.05, 3.63) is 28.8 Å². The zero-order chi connectivity index (χ0) is 19.3. The van der Waals surface area contributed by atoms with Gasteiger partial charge in [0.2, 0.25) is 0 Å². The van der Waals surface area contributed by atoms with E-state index in [0.29, 0.717) is 5.92 Å². The standard InChI is InChI=1S/C22H36N2OS/c1-6-9-17-13-18(7-2)21(19(8-3)14-17)24(26)22(25)23-20-11-10-15(4)12-16(20)5/h13-16,20,26H,6-12H2,1-5H3,(H,23,25). The van der Waals surface area contributed by atoms with E-state index in [1.165, 1.54) is 29.5 Å². The number of hydrogen-bond acceptors (Lipinski definition) is 2. The Balaban J connectivity index is 2.21. The van der Waals surface area contributed by atoms with Gasteiger partial charge in [0, 0.05) is 6.04 Å². The molecular weight excluding hydrogens is 340 g/mol. The summed E-state index contributed by atoms with van der Waals surface area (Å²) in [7, 11) is 0. The van der Waals surface area contributed by atoms with Gasteiger partial charge in [-0.05, 0) is 67.1 Å². The lowest BCUT2D eigenvalue weighted by Gasteiger charge is -2.34. The molecule has 0 aliphatic heterocycles. The van der Waals surface area contributed by atoms with E-state index in [9.17, 15) is 4.79 Å². The van der Waals surface area contributed by atoms with Crippen LogP contribution in [0.3, 0.4) is 0 Å². The lowest BCUT2D eigenvalue weighted by Crippen LogP contribution is -2.46. The van der Waals surface area contributed by atoms with Gasteiger partial charge in [-0.15, -0.1) is 0 Å². The van der Waals surface area contributed by atoms with E-state index < -0.39 is 0 Å². The molecule has 0 spiro atoms. The van der Waals surface area contributed by atoms with Gasteiger partial charge in [-0.25, -0.2) is 9.10 Å². The summed E-state index contributed by atoms with van der Waals surface area (Å²) in [5, 5.41) is 3.24. The van der Waals surface area contributed by atoms with Crippen molar-refractivity contribution in [3.63, 3.8) is 0 Å². The molecule has 4 heteroatoms. The van der Waals surface area contributed by atoms with E-state index in [4.69, 9.17) is 0 Å². The average molecular weight is 377 g/mol. The van der Waals surface area contributed by atoms with Gasteiger partial charge in [-0.2, -0.15) is 0 Å². The van der Waals surface area contributed by atoms with Crippen molar-refractivity contribution in [2.24, 2.45) is 11.8 Å². The van der Waals surface area contributed by atoms with E-state index in [0.717, 1.165) is 43.7 Å². The first-order chi connectivity index (χ1) is 12.4. The predicted octanol–water partition coefficient (Wildman–Crippen LogP) is 5.95. The van der Waals surface area contributed by atoms with Crippen molar-refractivity contribution in [2.75, 3.05) is 4.31 Å². The number of amides is 2.